The van der Waals surface area contributed by atoms with E-state index < -0.39 is 0 Å². The molecule has 0 bridgehead atoms. The predicted molar refractivity (Wildman–Crippen MR) is 198 cm³/mol. The van der Waals surface area contributed by atoms with Crippen LogP contribution in [0.15, 0.2) is 120 Å². The number of dihydropyridines is 1. The Kier molecular flexibility index (Phi) is 9.47. The maximum atomic E-state index is 5.48. The zero-order valence-electron chi connectivity index (χ0n) is 28.9. The van der Waals surface area contributed by atoms with Gasteiger partial charge in [0.05, 0.1) is 68.3 Å². The number of aliphatic imine (C=N–C) groups is 1. The van der Waals surface area contributed by atoms with Crippen LogP contribution in [0.1, 0.15) is 18.7 Å². The molecule has 7 rings (SSSR count). The van der Waals surface area contributed by atoms with Crippen LogP contribution >= 0.6 is 0 Å². The molecule has 5 aromatic heterocycles. The summed E-state index contributed by atoms with van der Waals surface area (Å²) in [6.07, 6.45) is 4.00. The monoisotopic (exact) mass is 676 g/mol. The molecule has 0 radical (unpaired) electrons. The Balaban J connectivity index is 1.32. The first-order valence-corrected chi connectivity index (χ1v) is 16.4. The second-order valence-corrected chi connectivity index (χ2v) is 11.9. The number of methoxy groups -OCH3 is 4. The number of aromatic nitrogens is 5. The van der Waals surface area contributed by atoms with Gasteiger partial charge in [-0.2, -0.15) is 0 Å². The van der Waals surface area contributed by atoms with E-state index in [0.29, 0.717) is 52.0 Å². The van der Waals surface area contributed by atoms with Gasteiger partial charge in [0.25, 0.3) is 0 Å². The van der Waals surface area contributed by atoms with Crippen molar-refractivity contribution in [1.29, 1.82) is 0 Å². The first-order valence-electron chi connectivity index (χ1n) is 16.4. The summed E-state index contributed by atoms with van der Waals surface area (Å²) in [7, 11) is 6.43. The van der Waals surface area contributed by atoms with Crippen LogP contribution in [-0.2, 0) is 4.74 Å². The maximum absolute atomic E-state index is 5.48. The van der Waals surface area contributed by atoms with Crippen LogP contribution in [0.25, 0.3) is 56.4 Å². The Hall–Kier alpha value is -6.42. The van der Waals surface area contributed by atoms with Gasteiger partial charge in [-0.25, -0.2) is 29.9 Å². The molecule has 6 aromatic rings. The number of rotatable bonds is 9. The molecule has 0 aliphatic carbocycles. The van der Waals surface area contributed by atoms with Crippen molar-refractivity contribution in [3.63, 3.8) is 0 Å². The van der Waals surface area contributed by atoms with E-state index in [1.807, 2.05) is 72.8 Å². The van der Waals surface area contributed by atoms with Gasteiger partial charge in [-0.05, 0) is 70.8 Å². The summed E-state index contributed by atoms with van der Waals surface area (Å²) in [5, 5.41) is 0. The van der Waals surface area contributed by atoms with Gasteiger partial charge in [0.15, 0.2) is 0 Å². The number of pyridine rings is 5. The van der Waals surface area contributed by atoms with Crippen molar-refractivity contribution >= 4 is 5.90 Å². The highest BCUT2D eigenvalue weighted by Gasteiger charge is 2.24. The Morgan fingerprint density at radius 3 is 1.35 bits per heavy atom. The number of hydrogen-bond donors (Lipinski definition) is 0. The standard InChI is InChI=1S/C41H36N6O4/c1-25-15-20-40(51-5)47-41(25)36-24-29(23-35(43-36)32-11-8-14-39(46-32)50-4)27-18-16-26(17-19-27)28-21-33(30-9-6-12-37(44-30)48-2)42-34(22-28)31-10-7-13-38(45-31)49-3/h6-25,41H,1-5H3. The molecule has 1 aliphatic rings. The van der Waals surface area contributed by atoms with E-state index in [1.54, 1.807) is 28.4 Å². The van der Waals surface area contributed by atoms with E-state index >= 15 is 0 Å². The van der Waals surface area contributed by atoms with Crippen molar-refractivity contribution in [2.75, 3.05) is 28.4 Å². The van der Waals surface area contributed by atoms with Gasteiger partial charge >= 0.3 is 0 Å². The molecule has 0 saturated carbocycles. The van der Waals surface area contributed by atoms with Crippen molar-refractivity contribution in [2.24, 2.45) is 10.9 Å². The summed E-state index contributed by atoms with van der Waals surface area (Å²) in [6.45, 7) is 2.13. The Morgan fingerprint density at radius 1 is 0.451 bits per heavy atom. The topological polar surface area (TPSA) is 114 Å². The minimum Gasteiger partial charge on any atom is -0.481 e. The Bertz CT molecular complexity index is 2190. The summed E-state index contributed by atoms with van der Waals surface area (Å²) < 4.78 is 21.7. The molecule has 0 N–H and O–H groups in total. The lowest BCUT2D eigenvalue weighted by atomic mass is 9.93. The fourth-order valence-corrected chi connectivity index (χ4v) is 5.92. The van der Waals surface area contributed by atoms with Gasteiger partial charge in [0.1, 0.15) is 6.04 Å². The molecule has 2 unspecified atom stereocenters. The smallest absolute Gasteiger partial charge is 0.213 e. The van der Waals surface area contributed by atoms with Crippen LogP contribution in [0, 0.1) is 5.92 Å². The third-order valence-corrected chi connectivity index (χ3v) is 8.63. The average molecular weight is 677 g/mol. The summed E-state index contributed by atoms with van der Waals surface area (Å²) in [4.78, 5) is 28.9. The second-order valence-electron chi connectivity index (χ2n) is 11.9. The first kappa shape index (κ1) is 33.1. The Morgan fingerprint density at radius 2 is 0.902 bits per heavy atom. The normalized spacial score (nSPS) is 15.2. The molecule has 51 heavy (non-hydrogen) atoms. The number of benzene rings is 1. The fraction of sp³-hybridized carbons (Fsp3) is 0.171. The average Bonchev–Trinajstić information content (AvgIpc) is 3.20. The van der Waals surface area contributed by atoms with E-state index in [0.717, 1.165) is 33.6 Å². The van der Waals surface area contributed by atoms with E-state index in [1.165, 1.54) is 0 Å². The Labute approximate surface area is 296 Å². The lowest BCUT2D eigenvalue weighted by Crippen LogP contribution is -2.15. The molecule has 1 aliphatic heterocycles. The molecule has 0 fully saturated rings. The predicted octanol–water partition coefficient (Wildman–Crippen LogP) is 8.31. The quantitative estimate of drug-likeness (QED) is 0.149. The highest BCUT2D eigenvalue weighted by molar-refractivity contribution is 5.88. The van der Waals surface area contributed by atoms with Gasteiger partial charge in [0.2, 0.25) is 23.5 Å². The maximum Gasteiger partial charge on any atom is 0.213 e. The zero-order valence-corrected chi connectivity index (χ0v) is 28.9. The molecule has 10 heteroatoms. The molecule has 2 atom stereocenters. The van der Waals surface area contributed by atoms with Gasteiger partial charge < -0.3 is 18.9 Å². The van der Waals surface area contributed by atoms with Gasteiger partial charge in [-0.3, -0.25) is 0 Å². The molecule has 10 nitrogen and oxygen atoms in total. The molecule has 0 amide bonds. The SMILES string of the molecule is COC1=NC(c2cc(-c3ccc(-c4cc(-c5cccc(OC)n5)nc(-c5cccc(OC)n5)c4)cc3)cc(-c3cccc(OC)n3)n2)C(C)C=C1. The largest absolute Gasteiger partial charge is 0.481 e. The van der Waals surface area contributed by atoms with Gasteiger partial charge in [-0.15, -0.1) is 0 Å². The van der Waals surface area contributed by atoms with Crippen molar-refractivity contribution in [3.8, 4) is 74.1 Å². The molecular weight excluding hydrogens is 640 g/mol. The van der Waals surface area contributed by atoms with Crippen LogP contribution in [0.2, 0.25) is 0 Å². The van der Waals surface area contributed by atoms with E-state index in [-0.39, 0.29) is 12.0 Å². The highest BCUT2D eigenvalue weighted by atomic mass is 16.5. The van der Waals surface area contributed by atoms with E-state index in [4.69, 9.17) is 33.9 Å². The van der Waals surface area contributed by atoms with Gasteiger partial charge in [-0.1, -0.05) is 55.5 Å². The second kappa shape index (κ2) is 14.6. The van der Waals surface area contributed by atoms with Crippen LogP contribution in [0.3, 0.4) is 0 Å². The third-order valence-electron chi connectivity index (χ3n) is 8.63. The molecule has 0 saturated heterocycles. The minimum absolute atomic E-state index is 0.119. The summed E-state index contributed by atoms with van der Waals surface area (Å²) >= 11 is 0. The number of hydrogen-bond acceptors (Lipinski definition) is 10. The van der Waals surface area contributed by atoms with Crippen LogP contribution in [0.5, 0.6) is 17.6 Å². The zero-order chi connectivity index (χ0) is 35.3. The lowest BCUT2D eigenvalue weighted by molar-refractivity contribution is 0.391. The highest BCUT2D eigenvalue weighted by Crippen LogP contribution is 2.36. The summed E-state index contributed by atoms with van der Waals surface area (Å²) in [5.74, 6) is 2.22. The van der Waals surface area contributed by atoms with Crippen molar-refractivity contribution in [3.05, 3.63) is 121 Å². The molecule has 0 spiro atoms. The molecular formula is C41H36N6O4. The molecule has 6 heterocycles. The van der Waals surface area contributed by atoms with E-state index in [2.05, 4.69) is 64.3 Å². The van der Waals surface area contributed by atoms with E-state index in [9.17, 15) is 0 Å². The van der Waals surface area contributed by atoms with Gasteiger partial charge in [0, 0.05) is 24.1 Å². The third kappa shape index (κ3) is 7.16. The summed E-state index contributed by atoms with van der Waals surface area (Å²) in [5.41, 5.74) is 8.96. The van der Waals surface area contributed by atoms with Crippen LogP contribution in [0.4, 0.5) is 0 Å². The first-order chi connectivity index (χ1) is 24.9. The van der Waals surface area contributed by atoms with Crippen molar-refractivity contribution in [1.82, 2.24) is 24.9 Å². The number of nitrogens with zero attached hydrogens (tertiary/aromatic N) is 6. The lowest BCUT2D eigenvalue weighted by Gasteiger charge is -2.22. The minimum atomic E-state index is -0.224. The number of ether oxygens (including phenoxy) is 4. The van der Waals surface area contributed by atoms with Crippen LogP contribution in [-0.4, -0.2) is 59.3 Å². The molecule has 1 aromatic carbocycles. The van der Waals surface area contributed by atoms with Crippen molar-refractivity contribution < 1.29 is 18.9 Å². The summed E-state index contributed by atoms with van der Waals surface area (Å²) in [6, 6.07) is 33.3. The molecule has 254 valence electrons. The van der Waals surface area contributed by atoms with Crippen LogP contribution < -0.4 is 14.2 Å². The van der Waals surface area contributed by atoms with Crippen molar-refractivity contribution in [2.45, 2.75) is 13.0 Å². The fourth-order valence-electron chi connectivity index (χ4n) is 5.92.